The topological polar surface area (TPSA) is 3.24 Å². The third-order valence-corrected chi connectivity index (χ3v) is 6.38. The molecule has 1 saturated heterocycles. The lowest BCUT2D eigenvalue weighted by Crippen LogP contribution is -2.47. The highest BCUT2D eigenvalue weighted by Gasteiger charge is 2.44. The van der Waals surface area contributed by atoms with Crippen LogP contribution in [0.2, 0.25) is 0 Å². The van der Waals surface area contributed by atoms with Crippen molar-refractivity contribution in [1.82, 2.24) is 4.90 Å². The largest absolute Gasteiger partial charge is 0.303 e. The van der Waals surface area contributed by atoms with Gasteiger partial charge < -0.3 is 4.90 Å². The van der Waals surface area contributed by atoms with Gasteiger partial charge in [-0.25, -0.2) is 0 Å². The van der Waals surface area contributed by atoms with Crippen molar-refractivity contribution < 1.29 is 0 Å². The average molecular weight is 328 g/mol. The molecule has 0 radical (unpaired) electrons. The molecule has 0 aromatic heterocycles. The first kappa shape index (κ1) is 18.0. The van der Waals surface area contributed by atoms with Crippen molar-refractivity contribution in [2.45, 2.75) is 78.6 Å². The molecule has 2 aliphatic rings. The van der Waals surface area contributed by atoms with Crippen LogP contribution in [0, 0.1) is 10.8 Å². The molecule has 1 nitrogen and oxygen atoms in total. The van der Waals surface area contributed by atoms with Crippen molar-refractivity contribution in [3.05, 3.63) is 35.4 Å². The van der Waals surface area contributed by atoms with Gasteiger partial charge in [-0.3, -0.25) is 0 Å². The van der Waals surface area contributed by atoms with Gasteiger partial charge in [-0.05, 0) is 72.1 Å². The van der Waals surface area contributed by atoms with Crippen molar-refractivity contribution in [3.63, 3.8) is 0 Å². The van der Waals surface area contributed by atoms with Crippen LogP contribution >= 0.6 is 0 Å². The molecule has 1 heteroatoms. The van der Waals surface area contributed by atoms with Crippen molar-refractivity contribution in [2.24, 2.45) is 10.8 Å². The molecule has 1 aliphatic carbocycles. The van der Waals surface area contributed by atoms with Crippen LogP contribution in [0.5, 0.6) is 0 Å². The third-order valence-electron chi connectivity index (χ3n) is 6.38. The molecular formula is C23H37N. The minimum Gasteiger partial charge on any atom is -0.303 e. The van der Waals surface area contributed by atoms with E-state index in [1.807, 2.05) is 0 Å². The van der Waals surface area contributed by atoms with Crippen LogP contribution in [0.1, 0.15) is 84.3 Å². The van der Waals surface area contributed by atoms with E-state index in [9.17, 15) is 0 Å². The monoisotopic (exact) mass is 327 g/mol. The van der Waals surface area contributed by atoms with Crippen molar-refractivity contribution >= 4 is 0 Å². The zero-order valence-electron chi connectivity index (χ0n) is 16.8. The van der Waals surface area contributed by atoms with E-state index >= 15 is 0 Å². The molecular weight excluding hydrogens is 290 g/mol. The summed E-state index contributed by atoms with van der Waals surface area (Å²) in [5.74, 6) is 0.715. The van der Waals surface area contributed by atoms with Crippen LogP contribution in [-0.4, -0.2) is 24.5 Å². The Balaban J connectivity index is 1.83. The SMILES string of the molecule is CC(C)(C)CN1CCC2(CCC(C(C)(C)C)c3ccccc32)CC1. The number of piperidine rings is 1. The molecule has 1 atom stereocenters. The number of benzene rings is 1. The normalized spacial score (nSPS) is 24.8. The number of hydrogen-bond donors (Lipinski definition) is 0. The van der Waals surface area contributed by atoms with Gasteiger partial charge in [-0.15, -0.1) is 0 Å². The first-order chi connectivity index (χ1) is 11.1. The second-order valence-electron chi connectivity index (χ2n) is 10.7. The van der Waals surface area contributed by atoms with Gasteiger partial charge in [0.25, 0.3) is 0 Å². The smallest absolute Gasteiger partial charge is 0.00301 e. The van der Waals surface area contributed by atoms with Crippen LogP contribution in [0.3, 0.4) is 0 Å². The second kappa shape index (κ2) is 6.16. The summed E-state index contributed by atoms with van der Waals surface area (Å²) in [5.41, 5.74) is 4.57. The molecule has 134 valence electrons. The van der Waals surface area contributed by atoms with E-state index in [4.69, 9.17) is 0 Å². The number of likely N-dealkylation sites (tertiary alicyclic amines) is 1. The molecule has 1 heterocycles. The first-order valence-corrected chi connectivity index (χ1v) is 9.93. The fourth-order valence-electron chi connectivity index (χ4n) is 5.22. The summed E-state index contributed by atoms with van der Waals surface area (Å²) in [4.78, 5) is 2.70. The Bertz CT molecular complexity index is 564. The lowest BCUT2D eigenvalue weighted by Gasteiger charge is -2.50. The van der Waals surface area contributed by atoms with Gasteiger partial charge in [0.05, 0.1) is 0 Å². The molecule has 1 fully saturated rings. The zero-order valence-corrected chi connectivity index (χ0v) is 16.8. The molecule has 1 aromatic rings. The van der Waals surface area contributed by atoms with Crippen molar-refractivity contribution in [1.29, 1.82) is 0 Å². The minimum atomic E-state index is 0.366. The van der Waals surface area contributed by atoms with Crippen LogP contribution in [0.15, 0.2) is 24.3 Å². The van der Waals surface area contributed by atoms with Gasteiger partial charge in [-0.1, -0.05) is 65.8 Å². The Labute approximate surface area is 149 Å². The molecule has 1 aromatic carbocycles. The Morgan fingerprint density at radius 2 is 1.58 bits per heavy atom. The quantitative estimate of drug-likeness (QED) is 0.612. The predicted octanol–water partition coefficient (Wildman–Crippen LogP) is 5.99. The highest BCUT2D eigenvalue weighted by atomic mass is 15.1. The van der Waals surface area contributed by atoms with Crippen LogP contribution in [-0.2, 0) is 5.41 Å². The third kappa shape index (κ3) is 3.57. The first-order valence-electron chi connectivity index (χ1n) is 9.93. The summed E-state index contributed by atoms with van der Waals surface area (Å²) < 4.78 is 0. The Hall–Kier alpha value is -0.820. The summed E-state index contributed by atoms with van der Waals surface area (Å²) in [6, 6.07) is 9.40. The summed E-state index contributed by atoms with van der Waals surface area (Å²) in [6.45, 7) is 18.1. The van der Waals surface area contributed by atoms with E-state index in [-0.39, 0.29) is 0 Å². The second-order valence-corrected chi connectivity index (χ2v) is 10.7. The van der Waals surface area contributed by atoms with Crippen molar-refractivity contribution in [3.8, 4) is 0 Å². The molecule has 1 aliphatic heterocycles. The summed E-state index contributed by atoms with van der Waals surface area (Å²) in [6.07, 6.45) is 5.43. The van der Waals surface area contributed by atoms with E-state index in [0.29, 0.717) is 22.2 Å². The molecule has 24 heavy (non-hydrogen) atoms. The van der Waals surface area contributed by atoms with Crippen molar-refractivity contribution in [2.75, 3.05) is 19.6 Å². The van der Waals surface area contributed by atoms with E-state index < -0.39 is 0 Å². The maximum absolute atomic E-state index is 2.70. The van der Waals surface area contributed by atoms with Crippen LogP contribution < -0.4 is 0 Å². The van der Waals surface area contributed by atoms with Gasteiger partial charge in [-0.2, -0.15) is 0 Å². The van der Waals surface area contributed by atoms with E-state index in [1.54, 1.807) is 11.1 Å². The zero-order chi connectivity index (χ0) is 17.6. The molecule has 3 rings (SSSR count). The fraction of sp³-hybridized carbons (Fsp3) is 0.739. The molecule has 0 N–H and O–H groups in total. The van der Waals surface area contributed by atoms with E-state index in [0.717, 1.165) is 0 Å². The molecule has 0 bridgehead atoms. The summed E-state index contributed by atoms with van der Waals surface area (Å²) >= 11 is 0. The lowest BCUT2D eigenvalue weighted by molar-refractivity contribution is 0.103. The van der Waals surface area contributed by atoms with Crippen LogP contribution in [0.4, 0.5) is 0 Å². The van der Waals surface area contributed by atoms with Gasteiger partial charge in [0.2, 0.25) is 0 Å². The van der Waals surface area contributed by atoms with Crippen LogP contribution in [0.25, 0.3) is 0 Å². The van der Waals surface area contributed by atoms with E-state index in [1.165, 1.54) is 45.3 Å². The molecule has 0 saturated carbocycles. The number of rotatable bonds is 1. The molecule has 0 amide bonds. The maximum atomic E-state index is 2.70. The molecule has 1 unspecified atom stereocenters. The summed E-state index contributed by atoms with van der Waals surface area (Å²) in [7, 11) is 0. The number of nitrogens with zero attached hydrogens (tertiary/aromatic N) is 1. The van der Waals surface area contributed by atoms with E-state index in [2.05, 4.69) is 70.7 Å². The lowest BCUT2D eigenvalue weighted by atomic mass is 9.58. The average Bonchev–Trinajstić information content (AvgIpc) is 2.48. The number of hydrogen-bond acceptors (Lipinski definition) is 1. The van der Waals surface area contributed by atoms with Gasteiger partial charge in [0, 0.05) is 6.54 Å². The summed E-state index contributed by atoms with van der Waals surface area (Å²) in [5, 5.41) is 0. The van der Waals surface area contributed by atoms with Gasteiger partial charge in [0.15, 0.2) is 0 Å². The fourth-order valence-corrected chi connectivity index (χ4v) is 5.22. The predicted molar refractivity (Wildman–Crippen MR) is 105 cm³/mol. The van der Waals surface area contributed by atoms with Gasteiger partial charge in [0.1, 0.15) is 0 Å². The number of fused-ring (bicyclic) bond motifs is 2. The molecule has 1 spiro atoms. The highest BCUT2D eigenvalue weighted by molar-refractivity contribution is 5.41. The Morgan fingerprint density at radius 1 is 0.958 bits per heavy atom. The standard InChI is InChI=1S/C23H37N/c1-21(2,3)17-24-15-13-23(14-16-24)12-11-19(22(4,5)6)18-9-7-8-10-20(18)23/h7-10,19H,11-17H2,1-6H3. The van der Waals surface area contributed by atoms with Gasteiger partial charge >= 0.3 is 0 Å². The Kier molecular flexibility index (Phi) is 4.62. The Morgan fingerprint density at radius 3 is 2.17 bits per heavy atom. The maximum Gasteiger partial charge on any atom is 0.00301 e. The minimum absolute atomic E-state index is 0.366. The highest BCUT2D eigenvalue weighted by Crippen LogP contribution is 2.53.